The summed E-state index contributed by atoms with van der Waals surface area (Å²) in [5.74, 6) is -0.0281. The first-order valence-electron chi connectivity index (χ1n) is 8.26. The smallest absolute Gasteiger partial charge is 0.237 e. The molecule has 0 bridgehead atoms. The van der Waals surface area contributed by atoms with Gasteiger partial charge in [-0.25, -0.2) is 9.97 Å². The number of nitrogens with one attached hydrogen (secondary N) is 1. The molecule has 0 saturated carbocycles. The summed E-state index contributed by atoms with van der Waals surface area (Å²) in [6.07, 6.45) is 2.25. The maximum Gasteiger partial charge on any atom is 0.237 e. The van der Waals surface area contributed by atoms with Crippen LogP contribution >= 0.6 is 27.7 Å². The van der Waals surface area contributed by atoms with Crippen molar-refractivity contribution >= 4 is 39.3 Å². The van der Waals surface area contributed by atoms with Gasteiger partial charge in [-0.3, -0.25) is 4.79 Å². The minimum Gasteiger partial charge on any atom is -0.325 e. The number of aromatic nitrogens is 2. The summed E-state index contributed by atoms with van der Waals surface area (Å²) in [6.45, 7) is 2.00. The number of carbonyl (C=O) groups excluding carboxylic acids is 1. The van der Waals surface area contributed by atoms with Gasteiger partial charge < -0.3 is 5.32 Å². The number of rotatable bonds is 6. The van der Waals surface area contributed by atoms with E-state index in [-0.39, 0.29) is 11.2 Å². The van der Waals surface area contributed by atoms with E-state index in [0.29, 0.717) is 6.42 Å². The lowest BCUT2D eigenvalue weighted by molar-refractivity contribution is -0.115. The summed E-state index contributed by atoms with van der Waals surface area (Å²) in [5, 5.41) is 3.53. The van der Waals surface area contributed by atoms with Crippen LogP contribution in [0.3, 0.4) is 0 Å². The van der Waals surface area contributed by atoms with Crippen molar-refractivity contribution < 1.29 is 4.79 Å². The molecular formula is C20H18BrN3OS. The van der Waals surface area contributed by atoms with Crippen molar-refractivity contribution in [1.82, 2.24) is 9.97 Å². The summed E-state index contributed by atoms with van der Waals surface area (Å²) < 4.78 is 0.978. The van der Waals surface area contributed by atoms with Crippen molar-refractivity contribution in [2.45, 2.75) is 23.6 Å². The molecule has 1 atom stereocenters. The van der Waals surface area contributed by atoms with E-state index in [9.17, 15) is 4.79 Å². The topological polar surface area (TPSA) is 54.9 Å². The largest absolute Gasteiger partial charge is 0.325 e. The van der Waals surface area contributed by atoms with E-state index in [4.69, 9.17) is 0 Å². The normalized spacial score (nSPS) is 11.8. The van der Waals surface area contributed by atoms with Crippen molar-refractivity contribution in [2.75, 3.05) is 5.32 Å². The van der Waals surface area contributed by atoms with E-state index in [0.717, 1.165) is 26.4 Å². The van der Waals surface area contributed by atoms with Crippen LogP contribution in [0, 0.1) is 0 Å². The van der Waals surface area contributed by atoms with Crippen molar-refractivity contribution in [3.05, 3.63) is 71.5 Å². The summed E-state index contributed by atoms with van der Waals surface area (Å²) in [7, 11) is 0. The molecule has 0 spiro atoms. The van der Waals surface area contributed by atoms with Gasteiger partial charge in [0.15, 0.2) is 0 Å². The zero-order chi connectivity index (χ0) is 18.4. The Balaban J connectivity index is 1.71. The molecule has 132 valence electrons. The third kappa shape index (κ3) is 4.93. The van der Waals surface area contributed by atoms with Gasteiger partial charge in [0.25, 0.3) is 0 Å². The van der Waals surface area contributed by atoms with E-state index in [2.05, 4.69) is 31.2 Å². The summed E-state index contributed by atoms with van der Waals surface area (Å²) in [5.41, 5.74) is 2.67. The van der Waals surface area contributed by atoms with Crippen LogP contribution < -0.4 is 5.32 Å². The first-order valence-corrected chi connectivity index (χ1v) is 9.93. The monoisotopic (exact) mass is 427 g/mol. The fourth-order valence-electron chi connectivity index (χ4n) is 2.39. The lowest BCUT2D eigenvalue weighted by atomic mass is 10.1. The molecule has 3 rings (SSSR count). The number of nitrogens with zero attached hydrogens (tertiary/aromatic N) is 2. The van der Waals surface area contributed by atoms with Crippen molar-refractivity contribution in [1.29, 1.82) is 0 Å². The molecule has 0 radical (unpaired) electrons. The number of anilines is 1. The van der Waals surface area contributed by atoms with E-state index >= 15 is 0 Å². The number of carbonyl (C=O) groups is 1. The predicted molar refractivity (Wildman–Crippen MR) is 110 cm³/mol. The number of benzene rings is 2. The van der Waals surface area contributed by atoms with Crippen molar-refractivity contribution in [3.8, 4) is 11.3 Å². The van der Waals surface area contributed by atoms with Crippen molar-refractivity contribution in [3.63, 3.8) is 0 Å². The molecule has 0 fully saturated rings. The lowest BCUT2D eigenvalue weighted by Crippen LogP contribution is -2.24. The molecule has 3 aromatic rings. The Hall–Kier alpha value is -2.18. The summed E-state index contributed by atoms with van der Waals surface area (Å²) >= 11 is 4.85. The van der Waals surface area contributed by atoms with Crippen LogP contribution in [0.25, 0.3) is 11.3 Å². The molecule has 1 N–H and O–H groups in total. The minimum absolute atomic E-state index is 0.0281. The second-order valence-corrected chi connectivity index (χ2v) is 7.76. The average Bonchev–Trinajstić information content (AvgIpc) is 2.68. The summed E-state index contributed by atoms with van der Waals surface area (Å²) in [4.78, 5) is 21.3. The Bertz CT molecular complexity index is 872. The molecule has 1 amide bonds. The predicted octanol–water partition coefficient (Wildman–Crippen LogP) is 5.42. The molecule has 2 aromatic carbocycles. The van der Waals surface area contributed by atoms with Crippen LogP contribution in [-0.2, 0) is 4.79 Å². The number of thioether (sulfide) groups is 1. The van der Waals surface area contributed by atoms with E-state index < -0.39 is 0 Å². The zero-order valence-corrected chi connectivity index (χ0v) is 16.6. The highest BCUT2D eigenvalue weighted by Crippen LogP contribution is 2.27. The zero-order valence-electron chi connectivity index (χ0n) is 14.2. The Morgan fingerprint density at radius 2 is 1.85 bits per heavy atom. The van der Waals surface area contributed by atoms with E-state index in [1.807, 2.05) is 67.6 Å². The van der Waals surface area contributed by atoms with Gasteiger partial charge in [0.1, 0.15) is 11.4 Å². The van der Waals surface area contributed by atoms with Crippen LogP contribution in [0.4, 0.5) is 5.69 Å². The molecule has 4 nitrogen and oxygen atoms in total. The maximum atomic E-state index is 12.6. The fraction of sp³-hybridized carbons (Fsp3) is 0.150. The quantitative estimate of drug-likeness (QED) is 0.421. The minimum atomic E-state index is -0.225. The van der Waals surface area contributed by atoms with Crippen LogP contribution in [0.1, 0.15) is 13.3 Å². The molecule has 0 aliphatic heterocycles. The molecule has 1 aromatic heterocycles. The van der Waals surface area contributed by atoms with Gasteiger partial charge in [-0.15, -0.1) is 0 Å². The second-order valence-electron chi connectivity index (χ2n) is 5.62. The third-order valence-electron chi connectivity index (χ3n) is 3.75. The van der Waals surface area contributed by atoms with Crippen LogP contribution in [-0.4, -0.2) is 21.1 Å². The molecular weight excluding hydrogens is 410 g/mol. The third-order valence-corrected chi connectivity index (χ3v) is 5.57. The summed E-state index contributed by atoms with van der Waals surface area (Å²) in [6, 6.07) is 19.4. The SMILES string of the molecule is CCC(Sc1cc(-c2ccccc2)ncn1)C(=O)Nc1ccc(Br)cc1. The highest BCUT2D eigenvalue weighted by molar-refractivity contribution is 9.10. The Labute approximate surface area is 165 Å². The average molecular weight is 428 g/mol. The van der Waals surface area contributed by atoms with E-state index in [1.165, 1.54) is 11.8 Å². The van der Waals surface area contributed by atoms with Gasteiger partial charge in [0.2, 0.25) is 5.91 Å². The van der Waals surface area contributed by atoms with Crippen LogP contribution in [0.15, 0.2) is 76.5 Å². The first kappa shape index (κ1) is 18.6. The van der Waals surface area contributed by atoms with Crippen LogP contribution in [0.5, 0.6) is 0 Å². The Morgan fingerprint density at radius 1 is 1.12 bits per heavy atom. The van der Waals surface area contributed by atoms with Gasteiger partial charge >= 0.3 is 0 Å². The molecule has 0 aliphatic rings. The molecule has 1 heterocycles. The lowest BCUT2D eigenvalue weighted by Gasteiger charge is -2.14. The molecule has 26 heavy (non-hydrogen) atoms. The molecule has 6 heteroatoms. The number of hydrogen-bond acceptors (Lipinski definition) is 4. The number of halogens is 1. The van der Waals surface area contributed by atoms with Crippen LogP contribution in [0.2, 0.25) is 0 Å². The van der Waals surface area contributed by atoms with Gasteiger partial charge in [0.05, 0.1) is 10.9 Å². The van der Waals surface area contributed by atoms with E-state index in [1.54, 1.807) is 6.33 Å². The number of amides is 1. The standard InChI is InChI=1S/C20H18BrN3OS/c1-2-18(20(25)24-16-10-8-15(21)9-11-16)26-19-12-17(22-13-23-19)14-6-4-3-5-7-14/h3-13,18H,2H2,1H3,(H,24,25). The highest BCUT2D eigenvalue weighted by atomic mass is 79.9. The van der Waals surface area contributed by atoms with Gasteiger partial charge in [0, 0.05) is 15.7 Å². The van der Waals surface area contributed by atoms with Gasteiger partial charge in [-0.2, -0.15) is 0 Å². The molecule has 0 aliphatic carbocycles. The fourth-order valence-corrected chi connectivity index (χ4v) is 3.57. The Morgan fingerprint density at radius 3 is 2.54 bits per heavy atom. The second kappa shape index (κ2) is 8.96. The highest BCUT2D eigenvalue weighted by Gasteiger charge is 2.19. The van der Waals surface area contributed by atoms with Gasteiger partial charge in [-0.05, 0) is 36.8 Å². The molecule has 0 saturated heterocycles. The Kier molecular flexibility index (Phi) is 6.41. The molecule has 1 unspecified atom stereocenters. The van der Waals surface area contributed by atoms with Gasteiger partial charge in [-0.1, -0.05) is 64.9 Å². The maximum absolute atomic E-state index is 12.6. The number of hydrogen-bond donors (Lipinski definition) is 1. The first-order chi connectivity index (χ1) is 12.7. The van der Waals surface area contributed by atoms with Crippen molar-refractivity contribution in [2.24, 2.45) is 0 Å².